The van der Waals surface area contributed by atoms with E-state index in [1.165, 1.54) is 21.3 Å². The van der Waals surface area contributed by atoms with Gasteiger partial charge >= 0.3 is 0 Å². The van der Waals surface area contributed by atoms with Crippen LogP contribution in [-0.2, 0) is 16.6 Å². The Kier molecular flexibility index (Phi) is 8.25. The van der Waals surface area contributed by atoms with Crippen LogP contribution in [-0.4, -0.2) is 36.9 Å². The number of nitrogens with zero attached hydrogens (tertiary/aromatic N) is 3. The maximum Gasteiger partial charge on any atom is 0.295 e. The predicted octanol–water partition coefficient (Wildman–Crippen LogP) is 5.05. The van der Waals surface area contributed by atoms with Gasteiger partial charge in [0.05, 0.1) is 16.3 Å². The summed E-state index contributed by atoms with van der Waals surface area (Å²) in [5.74, 6) is -0.436. The Labute approximate surface area is 225 Å². The molecule has 0 saturated carbocycles. The van der Waals surface area contributed by atoms with E-state index in [-0.39, 0.29) is 29.5 Å². The zero-order valence-electron chi connectivity index (χ0n) is 20.9. The molecule has 1 aromatic heterocycles. The lowest BCUT2D eigenvalue weighted by atomic mass is 10.1. The summed E-state index contributed by atoms with van der Waals surface area (Å²) in [4.78, 5) is 40.7. The van der Waals surface area contributed by atoms with Crippen LogP contribution in [0.4, 0.5) is 5.69 Å². The van der Waals surface area contributed by atoms with Crippen molar-refractivity contribution in [3.05, 3.63) is 98.8 Å². The molecule has 2 aromatic carbocycles. The summed E-state index contributed by atoms with van der Waals surface area (Å²) in [5, 5.41) is 2.76. The number of carbonyl (C=O) groups excluding carboxylic acids is 2. The van der Waals surface area contributed by atoms with E-state index in [0.29, 0.717) is 27.9 Å². The van der Waals surface area contributed by atoms with Gasteiger partial charge in [0.15, 0.2) is 0 Å². The number of thioether (sulfide) groups is 1. The summed E-state index contributed by atoms with van der Waals surface area (Å²) in [6, 6.07) is 19.1. The normalized spacial score (nSPS) is 15.1. The molecular weight excluding hydrogens is 504 g/mol. The monoisotopic (exact) mass is 532 g/mol. The molecule has 0 unspecified atom stereocenters. The van der Waals surface area contributed by atoms with E-state index in [1.54, 1.807) is 18.7 Å². The second kappa shape index (κ2) is 11.6. The predicted molar refractivity (Wildman–Crippen MR) is 154 cm³/mol. The van der Waals surface area contributed by atoms with Crippen molar-refractivity contribution in [1.29, 1.82) is 0 Å². The Bertz CT molecular complexity index is 1450. The van der Waals surface area contributed by atoms with E-state index < -0.39 is 0 Å². The highest BCUT2D eigenvalue weighted by atomic mass is 32.2. The Morgan fingerprint density at radius 3 is 2.38 bits per heavy atom. The van der Waals surface area contributed by atoms with Gasteiger partial charge in [-0.2, -0.15) is 0 Å². The molecule has 4 rings (SSSR count). The van der Waals surface area contributed by atoms with Crippen LogP contribution >= 0.6 is 24.0 Å². The number of nitrogens with one attached hydrogen (secondary N) is 1. The lowest BCUT2D eigenvalue weighted by molar-refractivity contribution is -0.122. The lowest BCUT2D eigenvalue weighted by Gasteiger charge is -2.14. The SMILES string of the molecule is CC(=Cc1ccccc1)C=C1SC(=S)N(CCCC(=O)Nc2c(C)n(C)n(-c3ccccc3)c2=O)C1=O. The Morgan fingerprint density at radius 2 is 1.70 bits per heavy atom. The van der Waals surface area contributed by atoms with E-state index in [0.717, 1.165) is 16.8 Å². The number of rotatable bonds is 8. The van der Waals surface area contributed by atoms with Crippen LogP contribution in [0.15, 0.2) is 82.0 Å². The van der Waals surface area contributed by atoms with Crippen molar-refractivity contribution in [3.8, 4) is 5.69 Å². The smallest absolute Gasteiger partial charge is 0.295 e. The first-order valence-electron chi connectivity index (χ1n) is 11.9. The van der Waals surface area contributed by atoms with E-state index in [2.05, 4.69) is 5.32 Å². The molecule has 2 amide bonds. The van der Waals surface area contributed by atoms with E-state index >= 15 is 0 Å². The van der Waals surface area contributed by atoms with Gasteiger partial charge in [-0.25, -0.2) is 4.68 Å². The van der Waals surface area contributed by atoms with Gasteiger partial charge in [-0.05, 0) is 49.6 Å². The zero-order chi connectivity index (χ0) is 26.5. The van der Waals surface area contributed by atoms with Crippen LogP contribution in [0.1, 0.15) is 31.0 Å². The number of amides is 2. The highest BCUT2D eigenvalue weighted by Crippen LogP contribution is 2.32. The highest BCUT2D eigenvalue weighted by molar-refractivity contribution is 8.26. The molecule has 37 heavy (non-hydrogen) atoms. The quantitative estimate of drug-likeness (QED) is 0.325. The minimum Gasteiger partial charge on any atom is -0.320 e. The molecule has 3 aromatic rings. The fourth-order valence-electron chi connectivity index (χ4n) is 4.07. The van der Waals surface area contributed by atoms with Gasteiger partial charge in [0, 0.05) is 20.0 Å². The summed E-state index contributed by atoms with van der Waals surface area (Å²) in [7, 11) is 1.78. The number of hydrogen-bond donors (Lipinski definition) is 1. The van der Waals surface area contributed by atoms with E-state index in [9.17, 15) is 14.4 Å². The van der Waals surface area contributed by atoms with Crippen LogP contribution in [0, 0.1) is 6.92 Å². The van der Waals surface area contributed by atoms with Crippen LogP contribution < -0.4 is 10.9 Å². The van der Waals surface area contributed by atoms with Crippen molar-refractivity contribution >= 4 is 51.9 Å². The lowest BCUT2D eigenvalue weighted by Crippen LogP contribution is -2.30. The maximum absolute atomic E-state index is 13.0. The van der Waals surface area contributed by atoms with Gasteiger partial charge in [-0.15, -0.1) is 0 Å². The second-order valence-corrected chi connectivity index (χ2v) is 10.4. The Morgan fingerprint density at radius 1 is 1.05 bits per heavy atom. The zero-order valence-corrected chi connectivity index (χ0v) is 22.6. The minimum absolute atomic E-state index is 0.152. The van der Waals surface area contributed by atoms with E-state index in [1.807, 2.05) is 79.7 Å². The van der Waals surface area contributed by atoms with Gasteiger partial charge < -0.3 is 5.32 Å². The Hall–Kier alpha value is -3.69. The number of anilines is 1. The molecule has 1 aliphatic heterocycles. The van der Waals surface area contributed by atoms with Crippen molar-refractivity contribution in [2.45, 2.75) is 26.7 Å². The molecular formula is C28H28N4O3S2. The molecule has 7 nitrogen and oxygen atoms in total. The summed E-state index contributed by atoms with van der Waals surface area (Å²) in [6.45, 7) is 4.07. The van der Waals surface area contributed by atoms with Crippen molar-refractivity contribution in [3.63, 3.8) is 0 Å². The molecule has 1 fully saturated rings. The molecule has 0 bridgehead atoms. The number of allylic oxidation sites excluding steroid dienone is 2. The first-order valence-corrected chi connectivity index (χ1v) is 13.1. The van der Waals surface area contributed by atoms with Crippen LogP contribution in [0.3, 0.4) is 0 Å². The first-order chi connectivity index (χ1) is 17.8. The summed E-state index contributed by atoms with van der Waals surface area (Å²) < 4.78 is 3.72. The van der Waals surface area contributed by atoms with Crippen molar-refractivity contribution in [1.82, 2.24) is 14.3 Å². The first kappa shape index (κ1) is 26.4. The van der Waals surface area contributed by atoms with Crippen LogP contribution in [0.2, 0.25) is 0 Å². The molecule has 0 radical (unpaired) electrons. The molecule has 190 valence electrons. The summed E-state index contributed by atoms with van der Waals surface area (Å²) >= 11 is 6.69. The average Bonchev–Trinajstić information content (AvgIpc) is 3.26. The number of carbonyl (C=O) groups is 2. The molecule has 2 heterocycles. The summed E-state index contributed by atoms with van der Waals surface area (Å²) in [5.41, 5.74) is 3.34. The minimum atomic E-state index is -0.291. The van der Waals surface area contributed by atoms with Gasteiger partial charge in [0.25, 0.3) is 11.5 Å². The second-order valence-electron chi connectivity index (χ2n) is 8.72. The van der Waals surface area contributed by atoms with Crippen molar-refractivity contribution in [2.75, 3.05) is 11.9 Å². The van der Waals surface area contributed by atoms with Gasteiger partial charge in [-0.3, -0.25) is 24.0 Å². The van der Waals surface area contributed by atoms with Crippen molar-refractivity contribution < 1.29 is 9.59 Å². The molecule has 1 N–H and O–H groups in total. The third kappa shape index (κ3) is 6.00. The number of hydrogen-bond acceptors (Lipinski definition) is 5. The fraction of sp³-hybridized carbons (Fsp3) is 0.214. The molecule has 9 heteroatoms. The van der Waals surface area contributed by atoms with Gasteiger partial charge in [-0.1, -0.05) is 78.6 Å². The summed E-state index contributed by atoms with van der Waals surface area (Å²) in [6.07, 6.45) is 4.43. The topological polar surface area (TPSA) is 76.3 Å². The average molecular weight is 533 g/mol. The van der Waals surface area contributed by atoms with Gasteiger partial charge in [0.2, 0.25) is 5.91 Å². The molecule has 0 atom stereocenters. The van der Waals surface area contributed by atoms with Crippen LogP contribution in [0.5, 0.6) is 0 Å². The van der Waals surface area contributed by atoms with E-state index in [4.69, 9.17) is 12.2 Å². The largest absolute Gasteiger partial charge is 0.320 e. The van der Waals surface area contributed by atoms with Crippen LogP contribution in [0.25, 0.3) is 11.8 Å². The third-order valence-corrected chi connectivity index (χ3v) is 7.41. The molecule has 1 saturated heterocycles. The molecule has 1 aliphatic rings. The third-order valence-electron chi connectivity index (χ3n) is 6.03. The number of benzene rings is 2. The van der Waals surface area contributed by atoms with Crippen molar-refractivity contribution in [2.24, 2.45) is 7.05 Å². The number of para-hydroxylation sites is 1. The highest BCUT2D eigenvalue weighted by Gasteiger charge is 2.31. The Balaban J connectivity index is 1.36. The molecule has 0 aliphatic carbocycles. The standard InChI is InChI=1S/C28H28N4O3S2/c1-19(17-21-11-6-4-7-12-21)18-23-26(34)31(28(36)37-23)16-10-15-24(33)29-25-20(2)30(3)32(27(25)35)22-13-8-5-9-14-22/h4-9,11-14,17-18H,10,15-16H2,1-3H3,(H,29,33). The fourth-order valence-corrected chi connectivity index (χ4v) is 5.42. The van der Waals surface area contributed by atoms with Gasteiger partial charge in [0.1, 0.15) is 10.0 Å². The number of aromatic nitrogens is 2. The maximum atomic E-state index is 13.0. The molecule has 0 spiro atoms. The number of thiocarbonyl (C=S) groups is 1.